The summed E-state index contributed by atoms with van der Waals surface area (Å²) in [4.78, 5) is 19.8. The van der Waals surface area contributed by atoms with E-state index in [9.17, 15) is 26.7 Å². The molecule has 0 aliphatic carbocycles. The molecule has 1 aliphatic heterocycles. The van der Waals surface area contributed by atoms with Crippen LogP contribution >= 0.6 is 0 Å². The Morgan fingerprint density at radius 2 is 1.76 bits per heavy atom. The van der Waals surface area contributed by atoms with Gasteiger partial charge in [0, 0.05) is 18.5 Å². The van der Waals surface area contributed by atoms with Gasteiger partial charge in [-0.25, -0.2) is 8.78 Å². The largest absolute Gasteiger partial charge is 0.416 e. The Morgan fingerprint density at radius 1 is 1.00 bits per heavy atom. The normalized spacial score (nSPS) is 15.6. The van der Waals surface area contributed by atoms with E-state index in [1.807, 2.05) is 0 Å². The molecular formula is C25H19F5N2O2. The fourth-order valence-electron chi connectivity index (χ4n) is 3.70. The van der Waals surface area contributed by atoms with Crippen molar-refractivity contribution in [3.63, 3.8) is 0 Å². The van der Waals surface area contributed by atoms with Gasteiger partial charge in [0.05, 0.1) is 23.4 Å². The molecule has 0 fully saturated rings. The third kappa shape index (κ3) is 5.41. The van der Waals surface area contributed by atoms with E-state index in [4.69, 9.17) is 4.84 Å². The molecule has 1 amide bonds. The van der Waals surface area contributed by atoms with Crippen LogP contribution in [0.5, 0.6) is 0 Å². The maximum atomic E-state index is 14.3. The fourth-order valence-corrected chi connectivity index (χ4v) is 3.70. The van der Waals surface area contributed by atoms with E-state index in [1.54, 1.807) is 6.07 Å². The van der Waals surface area contributed by atoms with E-state index in [0.29, 0.717) is 11.3 Å². The van der Waals surface area contributed by atoms with Gasteiger partial charge >= 0.3 is 6.18 Å². The summed E-state index contributed by atoms with van der Waals surface area (Å²) in [7, 11) is 0. The van der Waals surface area contributed by atoms with E-state index >= 15 is 0 Å². The zero-order valence-corrected chi connectivity index (χ0v) is 17.7. The minimum absolute atomic E-state index is 0.0638. The third-order valence-corrected chi connectivity index (χ3v) is 5.33. The second kappa shape index (κ2) is 9.62. The van der Waals surface area contributed by atoms with E-state index in [1.165, 1.54) is 53.4 Å². The Kier molecular flexibility index (Phi) is 6.63. The molecule has 0 spiro atoms. The molecule has 0 saturated heterocycles. The zero-order valence-electron chi connectivity index (χ0n) is 17.7. The van der Waals surface area contributed by atoms with Crippen LogP contribution in [-0.4, -0.2) is 29.2 Å². The van der Waals surface area contributed by atoms with Gasteiger partial charge in [-0.1, -0.05) is 41.6 Å². The lowest BCUT2D eigenvalue weighted by Crippen LogP contribution is -2.37. The van der Waals surface area contributed by atoms with Crippen LogP contribution in [0.15, 0.2) is 78.0 Å². The van der Waals surface area contributed by atoms with Crippen molar-refractivity contribution >= 4 is 11.6 Å². The van der Waals surface area contributed by atoms with Crippen LogP contribution in [0.4, 0.5) is 22.0 Å². The van der Waals surface area contributed by atoms with Gasteiger partial charge in [-0.15, -0.1) is 0 Å². The smallest absolute Gasteiger partial charge is 0.390 e. The number of amides is 1. The van der Waals surface area contributed by atoms with Gasteiger partial charge < -0.3 is 9.74 Å². The molecule has 176 valence electrons. The minimum Gasteiger partial charge on any atom is -0.390 e. The van der Waals surface area contributed by atoms with Crippen molar-refractivity contribution in [1.29, 1.82) is 0 Å². The molecule has 0 aromatic heterocycles. The molecule has 3 aromatic rings. The first-order valence-electron chi connectivity index (χ1n) is 10.4. The predicted molar refractivity (Wildman–Crippen MR) is 115 cm³/mol. The van der Waals surface area contributed by atoms with E-state index in [2.05, 4.69) is 5.16 Å². The van der Waals surface area contributed by atoms with E-state index in [-0.39, 0.29) is 30.6 Å². The Bertz CT molecular complexity index is 1230. The molecule has 0 saturated carbocycles. The molecule has 1 aliphatic rings. The summed E-state index contributed by atoms with van der Waals surface area (Å²) in [6, 6.07) is 15.8. The van der Waals surface area contributed by atoms with Crippen LogP contribution in [-0.2, 0) is 17.6 Å². The summed E-state index contributed by atoms with van der Waals surface area (Å²) >= 11 is 0. The number of oxime groups is 1. The van der Waals surface area contributed by atoms with Gasteiger partial charge in [0.1, 0.15) is 11.6 Å². The molecule has 1 atom stereocenters. The van der Waals surface area contributed by atoms with Crippen molar-refractivity contribution in [3.8, 4) is 0 Å². The second-order valence-corrected chi connectivity index (χ2v) is 7.84. The number of benzene rings is 3. The van der Waals surface area contributed by atoms with Crippen LogP contribution in [0.3, 0.4) is 0 Å². The topological polar surface area (TPSA) is 41.9 Å². The average Bonchev–Trinajstić information content (AvgIpc) is 3.27. The van der Waals surface area contributed by atoms with Crippen molar-refractivity contribution in [3.05, 3.63) is 107 Å². The van der Waals surface area contributed by atoms with Gasteiger partial charge in [0.25, 0.3) is 5.91 Å². The van der Waals surface area contributed by atoms with Gasteiger partial charge in [-0.05, 0) is 42.0 Å². The summed E-state index contributed by atoms with van der Waals surface area (Å²) in [6.45, 7) is -0.266. The zero-order chi connectivity index (χ0) is 24.3. The Hall–Kier alpha value is -3.75. The highest BCUT2D eigenvalue weighted by molar-refractivity contribution is 6.01. The van der Waals surface area contributed by atoms with Gasteiger partial charge in [0.15, 0.2) is 6.10 Å². The SMILES string of the molecule is O=C(c1ccccc1F)N(Cc1cccc(C(F)(F)F)c1)C[C@H]1CC(c2cccc(F)c2)=NO1. The van der Waals surface area contributed by atoms with Crippen molar-refractivity contribution in [2.24, 2.45) is 5.16 Å². The quantitative estimate of drug-likeness (QED) is 0.423. The lowest BCUT2D eigenvalue weighted by atomic mass is 10.0. The monoisotopic (exact) mass is 474 g/mol. The van der Waals surface area contributed by atoms with Crippen LogP contribution in [0.1, 0.15) is 33.5 Å². The van der Waals surface area contributed by atoms with Crippen LogP contribution < -0.4 is 0 Å². The molecule has 34 heavy (non-hydrogen) atoms. The maximum absolute atomic E-state index is 14.3. The number of rotatable bonds is 6. The summed E-state index contributed by atoms with van der Waals surface area (Å²) in [5.41, 5.74) is 0.161. The lowest BCUT2D eigenvalue weighted by Gasteiger charge is -2.25. The predicted octanol–water partition coefficient (Wildman–Crippen LogP) is 5.82. The van der Waals surface area contributed by atoms with Gasteiger partial charge in [-0.2, -0.15) is 13.2 Å². The van der Waals surface area contributed by atoms with Crippen molar-refractivity contribution in [2.45, 2.75) is 25.2 Å². The van der Waals surface area contributed by atoms with Crippen LogP contribution in [0.25, 0.3) is 0 Å². The molecule has 1 heterocycles. The first-order valence-corrected chi connectivity index (χ1v) is 10.4. The summed E-state index contributed by atoms with van der Waals surface area (Å²) in [6.07, 6.45) is -4.94. The number of carbonyl (C=O) groups excluding carboxylic acids is 1. The van der Waals surface area contributed by atoms with Crippen LogP contribution in [0, 0.1) is 11.6 Å². The van der Waals surface area contributed by atoms with Crippen molar-refractivity contribution in [1.82, 2.24) is 4.90 Å². The molecule has 4 nitrogen and oxygen atoms in total. The molecule has 0 radical (unpaired) electrons. The van der Waals surface area contributed by atoms with Crippen LogP contribution in [0.2, 0.25) is 0 Å². The second-order valence-electron chi connectivity index (χ2n) is 7.84. The minimum atomic E-state index is -4.54. The molecule has 0 bridgehead atoms. The fraction of sp³-hybridized carbons (Fsp3) is 0.200. The van der Waals surface area contributed by atoms with E-state index < -0.39 is 35.4 Å². The number of nitrogens with zero attached hydrogens (tertiary/aromatic N) is 2. The van der Waals surface area contributed by atoms with E-state index in [0.717, 1.165) is 18.2 Å². The summed E-state index contributed by atoms with van der Waals surface area (Å²) < 4.78 is 67.3. The lowest BCUT2D eigenvalue weighted by molar-refractivity contribution is -0.137. The molecule has 0 unspecified atom stereocenters. The first kappa shape index (κ1) is 23.4. The van der Waals surface area contributed by atoms with Gasteiger partial charge in [-0.3, -0.25) is 4.79 Å². The highest BCUT2D eigenvalue weighted by atomic mass is 19.4. The van der Waals surface area contributed by atoms with Crippen molar-refractivity contribution < 1.29 is 31.6 Å². The van der Waals surface area contributed by atoms with Gasteiger partial charge in [0.2, 0.25) is 0 Å². The Labute approximate surface area is 192 Å². The highest BCUT2D eigenvalue weighted by Crippen LogP contribution is 2.30. The summed E-state index contributed by atoms with van der Waals surface area (Å²) in [5.74, 6) is -1.88. The Balaban J connectivity index is 1.56. The third-order valence-electron chi connectivity index (χ3n) is 5.33. The van der Waals surface area contributed by atoms with Crippen molar-refractivity contribution in [2.75, 3.05) is 6.54 Å². The maximum Gasteiger partial charge on any atom is 0.416 e. The number of carbonyl (C=O) groups is 1. The molecule has 4 rings (SSSR count). The molecule has 0 N–H and O–H groups in total. The first-order chi connectivity index (χ1) is 16.2. The number of hydrogen-bond acceptors (Lipinski definition) is 3. The molecule has 9 heteroatoms. The molecular weight excluding hydrogens is 455 g/mol. The highest BCUT2D eigenvalue weighted by Gasteiger charge is 2.32. The number of halogens is 5. The average molecular weight is 474 g/mol. The standard InChI is InChI=1S/C25H19F5N2O2/c26-19-8-4-6-17(12-19)23-13-20(34-31-23)15-32(24(33)21-9-1-2-10-22(21)27)14-16-5-3-7-18(11-16)25(28,29)30/h1-12,20H,13-15H2/t20-/m1/s1. The summed E-state index contributed by atoms with van der Waals surface area (Å²) in [5, 5.41) is 3.97. The number of hydrogen-bond donors (Lipinski definition) is 0. The molecule has 3 aromatic carbocycles. The number of alkyl halides is 3. The Morgan fingerprint density at radius 3 is 2.50 bits per heavy atom.